The van der Waals surface area contributed by atoms with E-state index in [0.29, 0.717) is 11.6 Å². The number of halogens is 1. The molecule has 0 spiro atoms. The number of carboxylic acid groups (broad SMARTS) is 1. The second-order valence-electron chi connectivity index (χ2n) is 7.35. The number of hydrogen-bond acceptors (Lipinski definition) is 4. The van der Waals surface area contributed by atoms with Crippen LogP contribution in [0.25, 0.3) is 0 Å². The van der Waals surface area contributed by atoms with Gasteiger partial charge in [0.1, 0.15) is 6.54 Å². The van der Waals surface area contributed by atoms with Crippen LogP contribution >= 0.6 is 11.6 Å². The molecule has 142 valence electrons. The summed E-state index contributed by atoms with van der Waals surface area (Å²) in [7, 11) is 1.04. The summed E-state index contributed by atoms with van der Waals surface area (Å²) in [5.74, 6) is -0.335. The predicted octanol–water partition coefficient (Wildman–Crippen LogP) is 1.87. The molecule has 7 nitrogen and oxygen atoms in total. The highest BCUT2D eigenvalue weighted by Crippen LogP contribution is 2.37. The Bertz CT molecular complexity index is 694. The molecule has 1 aromatic rings. The van der Waals surface area contributed by atoms with E-state index < -0.39 is 24.4 Å². The first-order valence-corrected chi connectivity index (χ1v) is 8.65. The molecule has 1 fully saturated rings. The van der Waals surface area contributed by atoms with E-state index in [1.165, 1.54) is 4.90 Å². The van der Waals surface area contributed by atoms with Crippen LogP contribution in [0, 0.1) is 0 Å². The number of nitrogens with zero attached hydrogens (tertiary/aromatic N) is 1. The topological polar surface area (TPSA) is 88.1 Å². The number of hydrogen-bond donors (Lipinski definition) is 2. The van der Waals surface area contributed by atoms with Crippen LogP contribution in [-0.4, -0.2) is 53.9 Å². The van der Waals surface area contributed by atoms with Crippen molar-refractivity contribution < 1.29 is 24.0 Å². The maximum Gasteiger partial charge on any atom is 0.496 e. The molecule has 0 unspecified atom stereocenters. The Hall–Kier alpha value is -1.77. The van der Waals surface area contributed by atoms with Gasteiger partial charge in [-0.25, -0.2) is 4.79 Å². The van der Waals surface area contributed by atoms with Crippen LogP contribution in [0.2, 0.25) is 5.02 Å². The Morgan fingerprint density at radius 1 is 1.23 bits per heavy atom. The largest absolute Gasteiger partial charge is 0.496 e. The Balaban J connectivity index is 2.06. The Kier molecular flexibility index (Phi) is 5.90. The molecule has 2 N–H and O–H groups in total. The van der Waals surface area contributed by atoms with Crippen LogP contribution < -0.4 is 10.8 Å². The predicted molar refractivity (Wildman–Crippen MR) is 99.7 cm³/mol. The quantitative estimate of drug-likeness (QED) is 0.759. The maximum atomic E-state index is 11.9. The van der Waals surface area contributed by atoms with Gasteiger partial charge in [0, 0.05) is 24.1 Å². The van der Waals surface area contributed by atoms with Gasteiger partial charge < -0.3 is 24.6 Å². The normalized spacial score (nSPS) is 17.8. The van der Waals surface area contributed by atoms with Crippen LogP contribution in [0.5, 0.6) is 0 Å². The zero-order valence-electron chi connectivity index (χ0n) is 15.6. The van der Waals surface area contributed by atoms with Gasteiger partial charge in [-0.05, 0) is 39.3 Å². The SMILES string of the molecule is CN(Cc1ccc(B2OC(C)(C)C(C)(C)O2)c(Cl)c1)C(=O)CNC(=O)O. The van der Waals surface area contributed by atoms with Crippen molar-refractivity contribution in [1.82, 2.24) is 10.2 Å². The molecule has 26 heavy (non-hydrogen) atoms. The minimum Gasteiger partial charge on any atom is -0.465 e. The second-order valence-corrected chi connectivity index (χ2v) is 7.76. The van der Waals surface area contributed by atoms with Crippen molar-refractivity contribution in [1.29, 1.82) is 0 Å². The van der Waals surface area contributed by atoms with Crippen molar-refractivity contribution in [3.05, 3.63) is 28.8 Å². The van der Waals surface area contributed by atoms with Gasteiger partial charge >= 0.3 is 13.2 Å². The van der Waals surface area contributed by atoms with Gasteiger partial charge in [0.2, 0.25) is 5.91 Å². The monoisotopic (exact) mass is 382 g/mol. The third-order valence-electron chi connectivity index (χ3n) is 4.81. The molecule has 0 atom stereocenters. The van der Waals surface area contributed by atoms with Crippen molar-refractivity contribution in [2.24, 2.45) is 0 Å². The van der Waals surface area contributed by atoms with E-state index in [2.05, 4.69) is 5.32 Å². The summed E-state index contributed by atoms with van der Waals surface area (Å²) in [6.07, 6.45) is -1.23. The fourth-order valence-electron chi connectivity index (χ4n) is 2.48. The van der Waals surface area contributed by atoms with Gasteiger partial charge in [-0.3, -0.25) is 4.79 Å². The number of nitrogens with one attached hydrogen (secondary N) is 1. The van der Waals surface area contributed by atoms with Crippen molar-refractivity contribution in [2.75, 3.05) is 13.6 Å². The van der Waals surface area contributed by atoms with Gasteiger partial charge in [0.25, 0.3) is 0 Å². The van der Waals surface area contributed by atoms with Gasteiger partial charge in [-0.2, -0.15) is 0 Å². The molecule has 0 aliphatic carbocycles. The summed E-state index contributed by atoms with van der Waals surface area (Å²) >= 11 is 6.41. The van der Waals surface area contributed by atoms with E-state index in [1.807, 2.05) is 39.8 Å². The molecule has 1 heterocycles. The Morgan fingerprint density at radius 3 is 2.31 bits per heavy atom. The fourth-order valence-corrected chi connectivity index (χ4v) is 2.77. The summed E-state index contributed by atoms with van der Waals surface area (Å²) in [4.78, 5) is 23.8. The first-order chi connectivity index (χ1) is 11.9. The molecule has 9 heteroatoms. The average Bonchev–Trinajstić information content (AvgIpc) is 2.72. The lowest BCUT2D eigenvalue weighted by atomic mass is 9.78. The lowest BCUT2D eigenvalue weighted by molar-refractivity contribution is -0.129. The van der Waals surface area contributed by atoms with E-state index in [4.69, 9.17) is 26.0 Å². The maximum absolute atomic E-state index is 11.9. The molecule has 2 rings (SSSR count). The number of rotatable bonds is 5. The van der Waals surface area contributed by atoms with E-state index in [-0.39, 0.29) is 12.5 Å². The lowest BCUT2D eigenvalue weighted by Gasteiger charge is -2.32. The van der Waals surface area contributed by atoms with Crippen LogP contribution in [-0.2, 0) is 20.6 Å². The minimum absolute atomic E-state index is 0.272. The van der Waals surface area contributed by atoms with Gasteiger partial charge in [0.05, 0.1) is 11.2 Å². The summed E-state index contributed by atoms with van der Waals surface area (Å²) in [5.41, 5.74) is 0.643. The molecule has 1 saturated heterocycles. The lowest BCUT2D eigenvalue weighted by Crippen LogP contribution is -2.41. The molecule has 0 saturated carbocycles. The Labute approximate surface area is 158 Å². The first kappa shape index (κ1) is 20.5. The van der Waals surface area contributed by atoms with Crippen LogP contribution in [0.1, 0.15) is 33.3 Å². The molecule has 0 aromatic heterocycles. The summed E-state index contributed by atoms with van der Waals surface area (Å²) in [5, 5.41) is 11.1. The van der Waals surface area contributed by atoms with Gasteiger partial charge in [-0.15, -0.1) is 0 Å². The summed E-state index contributed by atoms with van der Waals surface area (Å²) in [6.45, 7) is 7.93. The van der Waals surface area contributed by atoms with Crippen LogP contribution in [0.15, 0.2) is 18.2 Å². The molecule has 1 aliphatic heterocycles. The van der Waals surface area contributed by atoms with E-state index in [0.717, 1.165) is 11.0 Å². The number of carbonyl (C=O) groups is 2. The van der Waals surface area contributed by atoms with Crippen molar-refractivity contribution in [3.63, 3.8) is 0 Å². The number of likely N-dealkylation sites (N-methyl/N-ethyl adjacent to an activating group) is 1. The highest BCUT2D eigenvalue weighted by atomic mass is 35.5. The molecule has 2 amide bonds. The second kappa shape index (κ2) is 7.46. The standard InChI is InChI=1S/C17H24BClN2O5/c1-16(2)17(3,4)26-18(25-16)12-7-6-11(8-13(12)19)10-21(5)14(22)9-20-15(23)24/h6-8,20H,9-10H2,1-5H3,(H,23,24). The molecule has 1 aliphatic rings. The molecular formula is C17H24BClN2O5. The third kappa shape index (κ3) is 4.49. The van der Waals surface area contributed by atoms with Crippen molar-refractivity contribution >= 4 is 36.2 Å². The molecule has 0 bridgehead atoms. The molecular weight excluding hydrogens is 358 g/mol. The van der Waals surface area contributed by atoms with Crippen LogP contribution in [0.3, 0.4) is 0 Å². The number of carbonyl (C=O) groups excluding carboxylic acids is 1. The van der Waals surface area contributed by atoms with Crippen molar-refractivity contribution in [2.45, 2.75) is 45.4 Å². The highest BCUT2D eigenvalue weighted by molar-refractivity contribution is 6.65. The summed E-state index contributed by atoms with van der Waals surface area (Å²) in [6, 6.07) is 5.44. The highest BCUT2D eigenvalue weighted by Gasteiger charge is 2.52. The zero-order chi connectivity index (χ0) is 19.7. The smallest absolute Gasteiger partial charge is 0.465 e. The third-order valence-corrected chi connectivity index (χ3v) is 5.14. The first-order valence-electron chi connectivity index (χ1n) is 8.27. The molecule has 0 radical (unpaired) electrons. The zero-order valence-corrected chi connectivity index (χ0v) is 16.4. The van der Waals surface area contributed by atoms with E-state index in [9.17, 15) is 9.59 Å². The summed E-state index contributed by atoms with van der Waals surface area (Å²) < 4.78 is 12.0. The average molecular weight is 383 g/mol. The van der Waals surface area contributed by atoms with Crippen molar-refractivity contribution in [3.8, 4) is 0 Å². The number of benzene rings is 1. The van der Waals surface area contributed by atoms with Gasteiger partial charge in [-0.1, -0.05) is 23.7 Å². The van der Waals surface area contributed by atoms with Gasteiger partial charge in [0.15, 0.2) is 0 Å². The number of amides is 2. The fraction of sp³-hybridized carbons (Fsp3) is 0.529. The van der Waals surface area contributed by atoms with Crippen LogP contribution in [0.4, 0.5) is 4.79 Å². The van der Waals surface area contributed by atoms with E-state index >= 15 is 0 Å². The minimum atomic E-state index is -1.23. The Morgan fingerprint density at radius 2 is 1.81 bits per heavy atom. The molecule has 1 aromatic carbocycles. The van der Waals surface area contributed by atoms with E-state index in [1.54, 1.807) is 13.1 Å².